The van der Waals surface area contributed by atoms with Crippen molar-refractivity contribution in [2.24, 2.45) is 17.8 Å². The minimum atomic E-state index is -0.336. The number of carbonyl (C=O) groups excluding carboxylic acids is 2. The molecule has 3 nitrogen and oxygen atoms in total. The van der Waals surface area contributed by atoms with Gasteiger partial charge in [0.15, 0.2) is 5.78 Å². The first-order valence-electron chi connectivity index (χ1n) is 5.92. The number of hydrogen-bond acceptors (Lipinski definition) is 3. The molecule has 0 radical (unpaired) electrons. The number of ether oxygens (including phenoxy) is 1. The number of ketones is 1. The van der Waals surface area contributed by atoms with E-state index >= 15 is 0 Å². The third-order valence-electron chi connectivity index (χ3n) is 3.29. The van der Waals surface area contributed by atoms with Gasteiger partial charge in [0.2, 0.25) is 0 Å². The molecule has 0 fully saturated rings. The van der Waals surface area contributed by atoms with E-state index in [1.54, 1.807) is 19.1 Å². The lowest BCUT2D eigenvalue weighted by atomic mass is 9.75. The Bertz CT molecular complexity index is 429. The highest BCUT2D eigenvalue weighted by Crippen LogP contribution is 2.38. The van der Waals surface area contributed by atoms with Crippen molar-refractivity contribution in [3.8, 4) is 0 Å². The smallest absolute Gasteiger partial charge is 0.314 e. The summed E-state index contributed by atoms with van der Waals surface area (Å²) in [6.45, 7) is 4.02. The largest absolute Gasteiger partial charge is 0.466 e. The molecule has 0 N–H and O–H groups in total. The predicted molar refractivity (Wildman–Crippen MR) is 64.1 cm³/mol. The fraction of sp³-hybridized carbons (Fsp3) is 0.429. The van der Waals surface area contributed by atoms with Crippen LogP contribution in [0.3, 0.4) is 0 Å². The molecule has 0 saturated heterocycles. The Hall–Kier alpha value is -1.64. The molecule has 0 saturated carbocycles. The second kappa shape index (κ2) is 4.70. The van der Waals surface area contributed by atoms with Crippen LogP contribution in [0.25, 0.3) is 0 Å². The van der Waals surface area contributed by atoms with Crippen LogP contribution in [0.2, 0.25) is 0 Å². The topological polar surface area (TPSA) is 43.4 Å². The average molecular weight is 232 g/mol. The molecule has 3 heteroatoms. The molecule has 3 aliphatic carbocycles. The van der Waals surface area contributed by atoms with Crippen LogP contribution >= 0.6 is 0 Å². The van der Waals surface area contributed by atoms with E-state index in [0.29, 0.717) is 6.61 Å². The summed E-state index contributed by atoms with van der Waals surface area (Å²) in [7, 11) is 0. The second-order valence-corrected chi connectivity index (χ2v) is 4.22. The molecule has 3 atom stereocenters. The van der Waals surface area contributed by atoms with Gasteiger partial charge >= 0.3 is 5.97 Å². The van der Waals surface area contributed by atoms with Crippen LogP contribution in [0, 0.1) is 17.8 Å². The third kappa shape index (κ3) is 1.97. The summed E-state index contributed by atoms with van der Waals surface area (Å²) in [6.07, 6.45) is 9.07. The van der Waals surface area contributed by atoms with E-state index in [2.05, 4.69) is 0 Å². The number of esters is 1. The van der Waals surface area contributed by atoms with Gasteiger partial charge in [0.05, 0.1) is 18.4 Å². The number of rotatable bonds is 2. The molecule has 17 heavy (non-hydrogen) atoms. The van der Waals surface area contributed by atoms with Gasteiger partial charge in [-0.05, 0) is 25.5 Å². The Labute approximate surface area is 101 Å². The molecule has 0 aliphatic heterocycles. The van der Waals surface area contributed by atoms with Gasteiger partial charge in [0.1, 0.15) is 0 Å². The summed E-state index contributed by atoms with van der Waals surface area (Å²) in [5.41, 5.74) is 0.867. The normalized spacial score (nSPS) is 32.9. The Morgan fingerprint density at radius 3 is 2.82 bits per heavy atom. The van der Waals surface area contributed by atoms with Gasteiger partial charge in [-0.3, -0.25) is 9.59 Å². The molecular formula is C14H16O3. The highest BCUT2D eigenvalue weighted by atomic mass is 16.5. The van der Waals surface area contributed by atoms with E-state index in [1.165, 1.54) is 0 Å². The zero-order valence-electron chi connectivity index (χ0n) is 10.1. The van der Waals surface area contributed by atoms with Gasteiger partial charge in [-0.1, -0.05) is 24.3 Å². The molecule has 0 spiro atoms. The van der Waals surface area contributed by atoms with Crippen molar-refractivity contribution in [2.75, 3.05) is 6.61 Å². The summed E-state index contributed by atoms with van der Waals surface area (Å²) in [6, 6.07) is 0. The summed E-state index contributed by atoms with van der Waals surface area (Å²) in [4.78, 5) is 23.8. The molecule has 0 aromatic heterocycles. The van der Waals surface area contributed by atoms with E-state index in [0.717, 1.165) is 5.57 Å². The van der Waals surface area contributed by atoms with Crippen molar-refractivity contribution in [3.63, 3.8) is 0 Å². The first-order chi connectivity index (χ1) is 8.19. The van der Waals surface area contributed by atoms with Crippen LogP contribution < -0.4 is 0 Å². The lowest BCUT2D eigenvalue weighted by Crippen LogP contribution is -2.31. The van der Waals surface area contributed by atoms with Crippen molar-refractivity contribution in [3.05, 3.63) is 36.0 Å². The van der Waals surface area contributed by atoms with E-state index in [4.69, 9.17) is 4.74 Å². The summed E-state index contributed by atoms with van der Waals surface area (Å²) >= 11 is 0. The van der Waals surface area contributed by atoms with Crippen LogP contribution in [-0.2, 0) is 14.3 Å². The van der Waals surface area contributed by atoms with E-state index < -0.39 is 0 Å². The highest BCUT2D eigenvalue weighted by molar-refractivity contribution is 5.98. The van der Waals surface area contributed by atoms with Crippen molar-refractivity contribution < 1.29 is 14.3 Å². The average Bonchev–Trinajstić information content (AvgIpc) is 2.58. The standard InChI is InChI=1S/C14H16O3/c1-3-10-11-7-5-9(6-8-12(11)15)13(10)14(16)17-4-2/h3,5-9,11,13H,4H2,1-2H3/b10-3-/t9-,11-,13+/m1/s1. The van der Waals surface area contributed by atoms with Crippen LogP contribution in [0.1, 0.15) is 13.8 Å². The van der Waals surface area contributed by atoms with Gasteiger partial charge in [-0.15, -0.1) is 0 Å². The van der Waals surface area contributed by atoms with Crippen molar-refractivity contribution in [2.45, 2.75) is 13.8 Å². The van der Waals surface area contributed by atoms with Crippen molar-refractivity contribution >= 4 is 11.8 Å². The van der Waals surface area contributed by atoms with Crippen LogP contribution in [0.5, 0.6) is 0 Å². The SMILES string of the molecule is C/C=C1\[C@@H](C(=O)OCC)[C@H]2C=CC(=O)[C@@H]1C=C2. The molecule has 0 aromatic rings. The Balaban J connectivity index is 2.39. The van der Waals surface area contributed by atoms with Crippen molar-refractivity contribution in [1.29, 1.82) is 0 Å². The number of fused-ring (bicyclic) bond motifs is 2. The predicted octanol–water partition coefficient (Wildman–Crippen LogP) is 2.05. The van der Waals surface area contributed by atoms with E-state index in [1.807, 2.05) is 25.2 Å². The molecule has 0 aromatic carbocycles. The number of allylic oxidation sites excluding steroid dienone is 5. The molecule has 3 aliphatic rings. The summed E-state index contributed by atoms with van der Waals surface area (Å²) < 4.78 is 5.10. The van der Waals surface area contributed by atoms with Crippen LogP contribution in [0.4, 0.5) is 0 Å². The summed E-state index contributed by atoms with van der Waals surface area (Å²) in [5, 5.41) is 0. The maximum atomic E-state index is 12.0. The maximum absolute atomic E-state index is 12.0. The monoisotopic (exact) mass is 232 g/mol. The second-order valence-electron chi connectivity index (χ2n) is 4.22. The fourth-order valence-corrected chi connectivity index (χ4v) is 2.51. The fourth-order valence-electron chi connectivity index (χ4n) is 2.51. The quantitative estimate of drug-likeness (QED) is 0.540. The lowest BCUT2D eigenvalue weighted by molar-refractivity contribution is -0.147. The Morgan fingerprint density at radius 1 is 1.41 bits per heavy atom. The first kappa shape index (κ1) is 11.8. The van der Waals surface area contributed by atoms with E-state index in [9.17, 15) is 9.59 Å². The molecule has 0 unspecified atom stereocenters. The number of hydrogen-bond donors (Lipinski definition) is 0. The molecule has 2 bridgehead atoms. The van der Waals surface area contributed by atoms with Crippen LogP contribution in [-0.4, -0.2) is 18.4 Å². The Kier molecular flexibility index (Phi) is 3.27. The minimum absolute atomic E-state index is 0.0450. The van der Waals surface area contributed by atoms with Gasteiger partial charge in [0, 0.05) is 5.92 Å². The van der Waals surface area contributed by atoms with Crippen molar-refractivity contribution in [1.82, 2.24) is 0 Å². The maximum Gasteiger partial charge on any atom is 0.314 e. The minimum Gasteiger partial charge on any atom is -0.466 e. The summed E-state index contributed by atoms with van der Waals surface area (Å²) in [5.74, 6) is -0.868. The van der Waals surface area contributed by atoms with Gasteiger partial charge in [0.25, 0.3) is 0 Å². The third-order valence-corrected chi connectivity index (χ3v) is 3.29. The Morgan fingerprint density at radius 2 is 2.18 bits per heavy atom. The van der Waals surface area contributed by atoms with Gasteiger partial charge in [-0.25, -0.2) is 0 Å². The zero-order valence-corrected chi connectivity index (χ0v) is 10.1. The molecule has 0 heterocycles. The highest BCUT2D eigenvalue weighted by Gasteiger charge is 2.39. The lowest BCUT2D eigenvalue weighted by Gasteiger charge is -2.28. The number of carbonyl (C=O) groups is 2. The molecule has 3 rings (SSSR count). The molecular weight excluding hydrogens is 216 g/mol. The van der Waals surface area contributed by atoms with E-state index in [-0.39, 0.29) is 29.5 Å². The van der Waals surface area contributed by atoms with Crippen LogP contribution in [0.15, 0.2) is 36.0 Å². The first-order valence-corrected chi connectivity index (χ1v) is 5.92. The molecule has 0 amide bonds. The van der Waals surface area contributed by atoms with Gasteiger partial charge in [-0.2, -0.15) is 0 Å². The molecule has 90 valence electrons. The van der Waals surface area contributed by atoms with Gasteiger partial charge < -0.3 is 4.74 Å². The zero-order chi connectivity index (χ0) is 12.4.